The summed E-state index contributed by atoms with van der Waals surface area (Å²) in [6, 6.07) is 26.1. The van der Waals surface area contributed by atoms with Crippen molar-refractivity contribution in [2.24, 2.45) is 0 Å². The molecule has 2 atom stereocenters. The van der Waals surface area contributed by atoms with E-state index in [0.29, 0.717) is 96.3 Å². The molecule has 1 N–H and O–H groups in total. The molecule has 0 aromatic heterocycles. The number of aliphatic hydroxyl groups is 1. The second kappa shape index (κ2) is 26.3. The number of aliphatic hydroxyl groups excluding tert-OH is 1. The Morgan fingerprint density at radius 2 is 1.04 bits per heavy atom. The number of hydrogen-bond acceptors (Lipinski definition) is 12. The molecule has 4 aromatic rings. The van der Waals surface area contributed by atoms with Crippen LogP contribution >= 0.6 is 58.5 Å². The molecule has 2 aliphatic carbocycles. The van der Waals surface area contributed by atoms with E-state index in [2.05, 4.69) is 27.6 Å². The molecule has 0 radical (unpaired) electrons. The third-order valence-corrected chi connectivity index (χ3v) is 16.5. The lowest BCUT2D eigenvalue weighted by atomic mass is 9.81. The minimum absolute atomic E-state index is 0.0273. The Kier molecular flexibility index (Phi) is 21.6. The summed E-state index contributed by atoms with van der Waals surface area (Å²) >= 11 is 39.2. The van der Waals surface area contributed by atoms with Gasteiger partial charge in [0.1, 0.15) is 11.1 Å². The van der Waals surface area contributed by atoms with Crippen LogP contribution in [0, 0.1) is 25.1 Å². The van der Waals surface area contributed by atoms with Gasteiger partial charge in [-0.15, -0.1) is 0 Å². The van der Waals surface area contributed by atoms with Gasteiger partial charge in [0.2, 0.25) is 6.49 Å². The van der Waals surface area contributed by atoms with Crippen LogP contribution in [-0.4, -0.2) is 79.4 Å². The van der Waals surface area contributed by atoms with Crippen molar-refractivity contribution in [1.82, 2.24) is 0 Å². The molecular weight excluding hydrogens is 1200 g/mol. The van der Waals surface area contributed by atoms with Crippen LogP contribution in [0.3, 0.4) is 0 Å². The number of aryl methyl sites for hydroxylation is 2. The monoisotopic (exact) mass is 1250 g/mol. The highest BCUT2D eigenvalue weighted by molar-refractivity contribution is 8.09. The van der Waals surface area contributed by atoms with E-state index in [-0.39, 0.29) is 39.9 Å². The molecule has 2 saturated carbocycles. The topological polar surface area (TPSA) is 119 Å². The summed E-state index contributed by atoms with van der Waals surface area (Å²) in [5, 5.41) is 12.4. The van der Waals surface area contributed by atoms with E-state index in [1.54, 1.807) is 32.0 Å². The van der Waals surface area contributed by atoms with Gasteiger partial charge in [-0.3, -0.25) is 4.52 Å². The third-order valence-electron chi connectivity index (χ3n) is 12.6. The van der Waals surface area contributed by atoms with E-state index in [1.807, 2.05) is 60.7 Å². The first kappa shape index (κ1) is 63.3. The Hall–Kier alpha value is -2.93. The Morgan fingerprint density at radius 1 is 0.649 bits per heavy atom. The first-order valence-electron chi connectivity index (χ1n) is 23.8. The maximum Gasteiger partial charge on any atom is 0.412 e. The van der Waals surface area contributed by atoms with Crippen molar-refractivity contribution in [2.45, 2.75) is 114 Å². The summed E-state index contributed by atoms with van der Waals surface area (Å²) in [6.07, 6.45) is -4.80. The maximum atomic E-state index is 13.3. The molecule has 0 bridgehead atoms. The number of carbonyl (C=O) groups excluding carboxylic acids is 2. The maximum absolute atomic E-state index is 13.3. The minimum atomic E-state index is -4.59. The summed E-state index contributed by atoms with van der Waals surface area (Å²) in [5.74, 6) is -1.21. The fraction of sp³-hybridized carbons (Fsp3) is 0.423. The lowest BCUT2D eigenvalue weighted by molar-refractivity contribution is -0.201. The molecule has 10 nitrogen and oxygen atoms in total. The van der Waals surface area contributed by atoms with Gasteiger partial charge in [-0.2, -0.15) is 26.3 Å². The zero-order chi connectivity index (χ0) is 56.7. The quantitative estimate of drug-likeness (QED) is 0.0735. The van der Waals surface area contributed by atoms with E-state index >= 15 is 0 Å². The average Bonchev–Trinajstić information content (AvgIpc) is 3.74. The van der Waals surface area contributed by atoms with Crippen LogP contribution in [0.4, 0.5) is 26.3 Å². The highest BCUT2D eigenvalue weighted by Gasteiger charge is 2.54. The molecule has 2 fully saturated rings. The van der Waals surface area contributed by atoms with Gasteiger partial charge in [0, 0.05) is 34.5 Å². The first-order valence-corrected chi connectivity index (χ1v) is 32.5. The van der Waals surface area contributed by atoms with Gasteiger partial charge in [0.15, 0.2) is 47.2 Å². The zero-order valence-corrected chi connectivity index (χ0v) is 49.0. The highest BCUT2D eigenvalue weighted by Crippen LogP contribution is 2.57. The molecular formula is C52H54Cl5F6O10P2S2+. The third kappa shape index (κ3) is 17.8. The lowest BCUT2D eigenvalue weighted by Crippen LogP contribution is -2.39. The smallest absolute Gasteiger partial charge is 0.412 e. The Balaban J connectivity index is 0.000000217. The molecule has 2 heterocycles. The van der Waals surface area contributed by atoms with Crippen molar-refractivity contribution in [2.75, 3.05) is 26.5 Å². The Morgan fingerprint density at radius 3 is 1.44 bits per heavy atom. The molecule has 0 saturated heterocycles. The molecule has 420 valence electrons. The number of halogens is 11. The second-order valence-corrected chi connectivity index (χ2v) is 31.1. The van der Waals surface area contributed by atoms with Crippen LogP contribution in [0.1, 0.15) is 84.7 Å². The van der Waals surface area contributed by atoms with Crippen molar-refractivity contribution >= 4 is 105 Å². The van der Waals surface area contributed by atoms with E-state index in [1.165, 1.54) is 19.4 Å². The van der Waals surface area contributed by atoms with Crippen molar-refractivity contribution in [3.63, 3.8) is 0 Å². The largest absolute Gasteiger partial charge is 0.507 e. The average molecular weight is 1260 g/mol. The fourth-order valence-corrected chi connectivity index (χ4v) is 12.5. The number of hydrogen-bond donors (Lipinski definition) is 1. The van der Waals surface area contributed by atoms with Crippen molar-refractivity contribution in [1.29, 1.82) is 0 Å². The summed E-state index contributed by atoms with van der Waals surface area (Å²) in [4.78, 5) is 26.0. The highest BCUT2D eigenvalue weighted by atomic mass is 35.7. The fourth-order valence-electron chi connectivity index (χ4n) is 9.07. The number of benzene rings is 4. The van der Waals surface area contributed by atoms with Gasteiger partial charge < -0.3 is 33.1 Å². The number of rotatable bonds is 14. The van der Waals surface area contributed by atoms with Crippen molar-refractivity contribution in [3.8, 4) is 0 Å². The number of ether oxygens (including phenoxy) is 4. The van der Waals surface area contributed by atoms with E-state index in [0.717, 1.165) is 16.7 Å². The molecule has 2 aliphatic heterocycles. The molecule has 2 spiro atoms. The predicted octanol–water partition coefficient (Wildman–Crippen LogP) is 15.8. The van der Waals surface area contributed by atoms with Gasteiger partial charge in [-0.05, 0) is 135 Å². The first-order chi connectivity index (χ1) is 35.9. The number of carbonyl (C=O) groups is 2. The zero-order valence-electron chi connectivity index (χ0n) is 41.7. The summed E-state index contributed by atoms with van der Waals surface area (Å²) < 4.78 is 112. The molecule has 4 aromatic carbocycles. The minimum Gasteiger partial charge on any atom is -0.507 e. The van der Waals surface area contributed by atoms with E-state index in [4.69, 9.17) is 86.2 Å². The molecule has 25 heteroatoms. The lowest BCUT2D eigenvalue weighted by Gasteiger charge is -2.38. The van der Waals surface area contributed by atoms with Gasteiger partial charge in [0.05, 0.1) is 35.5 Å². The van der Waals surface area contributed by atoms with E-state index < -0.39 is 60.8 Å². The predicted molar refractivity (Wildman–Crippen MR) is 290 cm³/mol. The van der Waals surface area contributed by atoms with E-state index in [9.17, 15) is 41.0 Å². The Labute approximate surface area is 477 Å². The van der Waals surface area contributed by atoms with Crippen LogP contribution in [0.5, 0.6) is 0 Å². The van der Waals surface area contributed by atoms with Gasteiger partial charge in [0.25, 0.3) is 0 Å². The van der Waals surface area contributed by atoms with Gasteiger partial charge >= 0.3 is 29.9 Å². The molecule has 4 aliphatic rings. The molecule has 2 unspecified atom stereocenters. The van der Waals surface area contributed by atoms with Gasteiger partial charge in [-0.25, -0.2) is 9.59 Å². The summed E-state index contributed by atoms with van der Waals surface area (Å²) in [6.45, 7) is 0.718. The SMILES string of the molecule is CP(=S)([ClH+])OCC(F)(F)F.Cc1cc(Cl)cc(Cl)c1C1=C(O)C2(CCC(OCc3ccccc3)CC2)OC1=O.Cc1cc(Cl)cc(Cl)c1C1=C(OP(C)(=S)OCC(F)(F)F)C2(CCC(OCc3ccccc3)CC2)OC1=O. The van der Waals surface area contributed by atoms with Crippen LogP contribution in [-0.2, 0) is 78.9 Å². The molecule has 0 amide bonds. The summed E-state index contributed by atoms with van der Waals surface area (Å²) in [7, 11) is 0. The second-order valence-electron chi connectivity index (χ2n) is 18.8. The van der Waals surface area contributed by atoms with Crippen LogP contribution in [0.2, 0.25) is 20.1 Å². The normalized spacial score (nSPS) is 23.1. The molecule has 77 heavy (non-hydrogen) atoms. The standard InChI is InChI=1S/C26H26Cl2F3O5PS.C23H22Cl2O4.C3H6ClF3OPS/c1-16-12-18(27)13-20(28)21(16)22-23(36-37(2,38)34-15-26(29,30)31)25(35-24(22)32)10-8-19(9-11-25)33-14-17-6-4-3-5-7-17;1-14-11-16(24)12-18(25)19(14)20-21(26)23(29-22(20)27)9-7-17(8-10-23)28-13-15-5-3-2-4-6-15;1-9(4,10)8-2-3(5,6)7/h3-7,12-13,19H,8-11,14-15H2,1-2H3;2-6,11-12,17,26H,7-10,13H2,1H3;4H,2H2,1H3/q;;+1. The molecule has 8 rings (SSSR count). The number of alkyl halides is 6. The summed E-state index contributed by atoms with van der Waals surface area (Å²) in [5.41, 5.74) is -0.336. The number of esters is 2. The Bertz CT molecular complexity index is 2880. The van der Waals surface area contributed by atoms with Crippen LogP contribution in [0.25, 0.3) is 11.1 Å². The van der Waals surface area contributed by atoms with Gasteiger partial charge in [-0.1, -0.05) is 107 Å². The van der Waals surface area contributed by atoms with Crippen LogP contribution in [0.15, 0.2) is 96.4 Å². The van der Waals surface area contributed by atoms with Crippen LogP contribution < -0.4 is 0 Å². The van der Waals surface area contributed by atoms with Crippen molar-refractivity contribution < 1.29 is 84.8 Å². The van der Waals surface area contributed by atoms with Crippen molar-refractivity contribution in [3.05, 3.63) is 150 Å².